The summed E-state index contributed by atoms with van der Waals surface area (Å²) in [5.74, 6) is 0.994. The molecule has 1 aromatic heterocycles. The Labute approximate surface area is 293 Å². The maximum absolute atomic E-state index is 6.92. The van der Waals surface area contributed by atoms with E-state index in [0.29, 0.717) is 0 Å². The van der Waals surface area contributed by atoms with Crippen LogP contribution >= 0.6 is 0 Å². The molecule has 3 aliphatic carbocycles. The van der Waals surface area contributed by atoms with Gasteiger partial charge in [-0.3, -0.25) is 0 Å². The van der Waals surface area contributed by atoms with Crippen LogP contribution in [0.2, 0.25) is 0 Å². The molecular formula is C48H37NO. The van der Waals surface area contributed by atoms with Gasteiger partial charge in [-0.15, -0.1) is 0 Å². The molecule has 1 atom stereocenters. The number of aryl methyl sites for hydroxylation is 2. The highest BCUT2D eigenvalue weighted by atomic mass is 16.3. The number of hydrogen-bond donors (Lipinski definition) is 0. The summed E-state index contributed by atoms with van der Waals surface area (Å²) in [7, 11) is 0. The smallest absolute Gasteiger partial charge is 0.137 e. The number of rotatable bonds is 5. The number of fused-ring (bicyclic) bond motifs is 6. The van der Waals surface area contributed by atoms with Crippen LogP contribution < -0.4 is 4.90 Å². The van der Waals surface area contributed by atoms with Crippen molar-refractivity contribution >= 4 is 50.5 Å². The van der Waals surface area contributed by atoms with Crippen LogP contribution in [-0.2, 0) is 11.8 Å². The van der Waals surface area contributed by atoms with Gasteiger partial charge in [-0.2, -0.15) is 0 Å². The average molecular weight is 644 g/mol. The van der Waals surface area contributed by atoms with Gasteiger partial charge in [-0.25, -0.2) is 0 Å². The predicted octanol–water partition coefficient (Wildman–Crippen LogP) is 12.8. The van der Waals surface area contributed by atoms with Crippen LogP contribution in [0.4, 0.5) is 17.1 Å². The largest absolute Gasteiger partial charge is 0.456 e. The quantitative estimate of drug-likeness (QED) is 0.186. The minimum atomic E-state index is -0.338. The van der Waals surface area contributed by atoms with E-state index in [1.54, 1.807) is 0 Å². The van der Waals surface area contributed by atoms with Crippen molar-refractivity contribution in [2.75, 3.05) is 4.90 Å². The Balaban J connectivity index is 1.16. The minimum absolute atomic E-state index is 0.338. The van der Waals surface area contributed by atoms with Crippen molar-refractivity contribution in [3.8, 4) is 0 Å². The minimum Gasteiger partial charge on any atom is -0.456 e. The molecule has 3 aliphatic rings. The molecule has 2 nitrogen and oxygen atoms in total. The summed E-state index contributed by atoms with van der Waals surface area (Å²) < 4.78 is 6.92. The zero-order chi connectivity index (χ0) is 33.2. The van der Waals surface area contributed by atoms with E-state index in [2.05, 4.69) is 170 Å². The van der Waals surface area contributed by atoms with E-state index >= 15 is 0 Å². The van der Waals surface area contributed by atoms with Crippen LogP contribution in [0.15, 0.2) is 167 Å². The van der Waals surface area contributed by atoms with Gasteiger partial charge in [0.1, 0.15) is 11.3 Å². The number of nitrogens with zero attached hydrogens (tertiary/aromatic N) is 1. The summed E-state index contributed by atoms with van der Waals surface area (Å²) in [6, 6.07) is 50.7. The monoisotopic (exact) mass is 643 g/mol. The van der Waals surface area contributed by atoms with Gasteiger partial charge >= 0.3 is 0 Å². The molecule has 0 aliphatic heterocycles. The number of allylic oxidation sites excluding steroid dienone is 5. The molecule has 0 spiro atoms. The first-order valence-electron chi connectivity index (χ1n) is 17.9. The Morgan fingerprint density at radius 1 is 0.660 bits per heavy atom. The summed E-state index contributed by atoms with van der Waals surface area (Å²) in [6.07, 6.45) is 11.3. The average Bonchev–Trinajstić information content (AvgIpc) is 3.69. The number of furan rings is 1. The SMILES string of the molecule is Cc1cccc2c1C1=C(C=CCC1)C2(C1=Cc2oc3cc(N(c4ccccc4)c4cccc5ccccc45)ccc3c2CC1)c1ccccc1. The lowest BCUT2D eigenvalue weighted by molar-refractivity contribution is 0.585. The van der Waals surface area contributed by atoms with Crippen molar-refractivity contribution in [1.82, 2.24) is 0 Å². The second-order valence-electron chi connectivity index (χ2n) is 13.9. The molecule has 6 aromatic carbocycles. The van der Waals surface area contributed by atoms with Crippen molar-refractivity contribution in [3.05, 3.63) is 196 Å². The van der Waals surface area contributed by atoms with Gasteiger partial charge in [-0.1, -0.05) is 115 Å². The zero-order valence-electron chi connectivity index (χ0n) is 28.2. The van der Waals surface area contributed by atoms with E-state index in [9.17, 15) is 0 Å². The van der Waals surface area contributed by atoms with Crippen molar-refractivity contribution < 1.29 is 4.42 Å². The van der Waals surface area contributed by atoms with Crippen molar-refractivity contribution in [2.45, 2.75) is 38.0 Å². The molecule has 50 heavy (non-hydrogen) atoms. The molecular weight excluding hydrogens is 607 g/mol. The van der Waals surface area contributed by atoms with E-state index in [0.717, 1.165) is 54.1 Å². The van der Waals surface area contributed by atoms with E-state index in [4.69, 9.17) is 4.42 Å². The lowest BCUT2D eigenvalue weighted by Crippen LogP contribution is -2.31. The summed E-state index contributed by atoms with van der Waals surface area (Å²) in [5.41, 5.74) is 15.2. The second-order valence-corrected chi connectivity index (χ2v) is 13.9. The molecule has 1 unspecified atom stereocenters. The lowest BCUT2D eigenvalue weighted by atomic mass is 9.63. The summed E-state index contributed by atoms with van der Waals surface area (Å²) >= 11 is 0. The van der Waals surface area contributed by atoms with Gasteiger partial charge in [-0.05, 0) is 113 Å². The van der Waals surface area contributed by atoms with Crippen LogP contribution in [0.25, 0.3) is 33.4 Å². The normalized spacial score (nSPS) is 17.8. The topological polar surface area (TPSA) is 16.4 Å². The molecule has 240 valence electrons. The summed E-state index contributed by atoms with van der Waals surface area (Å²) in [5, 5.41) is 3.65. The Morgan fingerprint density at radius 3 is 2.32 bits per heavy atom. The molecule has 0 fully saturated rings. The van der Waals surface area contributed by atoms with E-state index in [1.165, 1.54) is 60.7 Å². The Kier molecular flexibility index (Phi) is 6.61. The summed E-state index contributed by atoms with van der Waals surface area (Å²) in [6.45, 7) is 2.28. The van der Waals surface area contributed by atoms with E-state index < -0.39 is 0 Å². The van der Waals surface area contributed by atoms with Gasteiger partial charge < -0.3 is 9.32 Å². The van der Waals surface area contributed by atoms with Gasteiger partial charge in [0.2, 0.25) is 0 Å². The molecule has 0 bridgehead atoms. The molecule has 7 aromatic rings. The molecule has 0 saturated heterocycles. The van der Waals surface area contributed by atoms with Crippen LogP contribution in [0.3, 0.4) is 0 Å². The first-order valence-corrected chi connectivity index (χ1v) is 17.9. The maximum atomic E-state index is 6.92. The van der Waals surface area contributed by atoms with Gasteiger partial charge in [0.05, 0.1) is 11.1 Å². The molecule has 0 saturated carbocycles. The number of para-hydroxylation sites is 1. The molecule has 0 amide bonds. The Morgan fingerprint density at radius 2 is 1.44 bits per heavy atom. The second kappa shape index (κ2) is 11.4. The molecule has 10 rings (SSSR count). The van der Waals surface area contributed by atoms with Crippen LogP contribution in [-0.4, -0.2) is 0 Å². The van der Waals surface area contributed by atoms with Crippen molar-refractivity contribution in [1.29, 1.82) is 0 Å². The van der Waals surface area contributed by atoms with Crippen molar-refractivity contribution in [3.63, 3.8) is 0 Å². The van der Waals surface area contributed by atoms with Gasteiger partial charge in [0.25, 0.3) is 0 Å². The highest BCUT2D eigenvalue weighted by Crippen LogP contribution is 2.59. The molecule has 0 N–H and O–H groups in total. The molecule has 0 radical (unpaired) electrons. The Bertz CT molecular complexity index is 2540. The first-order chi connectivity index (χ1) is 24.7. The van der Waals surface area contributed by atoms with E-state index in [1.807, 2.05) is 0 Å². The fourth-order valence-electron chi connectivity index (χ4n) is 9.20. The number of hydrogen-bond acceptors (Lipinski definition) is 2. The van der Waals surface area contributed by atoms with Gasteiger partial charge in [0, 0.05) is 33.8 Å². The highest BCUT2D eigenvalue weighted by molar-refractivity contribution is 6.00. The molecule has 2 heteroatoms. The first kappa shape index (κ1) is 29.1. The fourth-order valence-corrected chi connectivity index (χ4v) is 9.20. The third-order valence-electron chi connectivity index (χ3n) is 11.3. The van der Waals surface area contributed by atoms with Crippen LogP contribution in [0.1, 0.15) is 52.8 Å². The number of anilines is 3. The van der Waals surface area contributed by atoms with Crippen LogP contribution in [0, 0.1) is 6.92 Å². The summed E-state index contributed by atoms with van der Waals surface area (Å²) in [4.78, 5) is 2.36. The van der Waals surface area contributed by atoms with Gasteiger partial charge in [0.15, 0.2) is 0 Å². The molecule has 1 heterocycles. The zero-order valence-corrected chi connectivity index (χ0v) is 28.2. The predicted molar refractivity (Wildman–Crippen MR) is 208 cm³/mol. The lowest BCUT2D eigenvalue weighted by Gasteiger charge is -2.38. The van der Waals surface area contributed by atoms with Crippen LogP contribution in [0.5, 0.6) is 0 Å². The highest BCUT2D eigenvalue weighted by Gasteiger charge is 2.49. The Hall–Kier alpha value is -5.86. The standard InChI is InChI=1S/C48H37NO/c1-32-14-12-24-43-47(32)41-22-10-11-23-42(41)48(43,34-17-4-2-5-18-34)35-26-28-39-40-29-27-37(31-46(40)50-45(39)30-35)49(36-19-6-3-7-20-36)44-25-13-16-33-15-8-9-21-38(33)44/h2-9,11-21,23-25,27,29-31H,10,22,26,28H2,1H3. The third kappa shape index (κ3) is 4.21. The third-order valence-corrected chi connectivity index (χ3v) is 11.3. The maximum Gasteiger partial charge on any atom is 0.137 e. The van der Waals surface area contributed by atoms with Crippen molar-refractivity contribution in [2.24, 2.45) is 0 Å². The number of benzene rings is 6. The van der Waals surface area contributed by atoms with E-state index in [-0.39, 0.29) is 5.41 Å². The fraction of sp³-hybridized carbons (Fsp3) is 0.125.